The molecule has 0 aromatic heterocycles. The van der Waals surface area contributed by atoms with Crippen LogP contribution in [0.5, 0.6) is 0 Å². The van der Waals surface area contributed by atoms with Gasteiger partial charge in [0.25, 0.3) is 0 Å². The van der Waals surface area contributed by atoms with Gasteiger partial charge in [0.15, 0.2) is 0 Å². The van der Waals surface area contributed by atoms with Crippen molar-refractivity contribution in [1.82, 2.24) is 0 Å². The lowest BCUT2D eigenvalue weighted by atomic mass is 9.90. The molecule has 29 heavy (non-hydrogen) atoms. The van der Waals surface area contributed by atoms with Crippen LogP contribution in [0.3, 0.4) is 0 Å². The van der Waals surface area contributed by atoms with E-state index in [0.717, 1.165) is 19.4 Å². The fourth-order valence-corrected chi connectivity index (χ4v) is 4.46. The van der Waals surface area contributed by atoms with Crippen molar-refractivity contribution in [3.8, 4) is 0 Å². The summed E-state index contributed by atoms with van der Waals surface area (Å²) in [5.74, 6) is 0.577. The Labute approximate surface area is 175 Å². The van der Waals surface area contributed by atoms with E-state index in [4.69, 9.17) is 4.74 Å². The second-order valence-corrected chi connectivity index (χ2v) is 8.32. The van der Waals surface area contributed by atoms with Crippen molar-refractivity contribution in [1.29, 1.82) is 0 Å². The predicted octanol–water partition coefficient (Wildman–Crippen LogP) is 6.49. The predicted molar refractivity (Wildman–Crippen MR) is 121 cm³/mol. The second kappa shape index (κ2) is 9.28. The Kier molecular flexibility index (Phi) is 6.31. The summed E-state index contributed by atoms with van der Waals surface area (Å²) < 4.78 is 6.80. The molecule has 0 aliphatic carbocycles. The Balaban J connectivity index is 1.55. The highest BCUT2D eigenvalue weighted by molar-refractivity contribution is 5.47. The molecule has 150 valence electrons. The molecule has 4 rings (SSSR count). The summed E-state index contributed by atoms with van der Waals surface area (Å²) in [6.45, 7) is 5.69. The lowest BCUT2D eigenvalue weighted by Gasteiger charge is -2.44. The fraction of sp³-hybridized carbons (Fsp3) is 0.333. The molecule has 1 fully saturated rings. The normalized spacial score (nSPS) is 19.7. The molecule has 3 aromatic carbocycles. The summed E-state index contributed by atoms with van der Waals surface area (Å²) in [6, 6.07) is 32.6. The number of benzene rings is 3. The molecule has 2 nitrogen and oxygen atoms in total. The van der Waals surface area contributed by atoms with Gasteiger partial charge in [-0.3, -0.25) is 0 Å². The maximum atomic E-state index is 6.80. The highest BCUT2D eigenvalue weighted by Crippen LogP contribution is 2.34. The van der Waals surface area contributed by atoms with Crippen LogP contribution in [0.15, 0.2) is 91.0 Å². The molecular weight excluding hydrogens is 354 g/mol. The Bertz CT molecular complexity index is 823. The van der Waals surface area contributed by atoms with Crippen LogP contribution in [0.2, 0.25) is 0 Å². The van der Waals surface area contributed by atoms with Gasteiger partial charge in [-0.05, 0) is 42.0 Å². The summed E-state index contributed by atoms with van der Waals surface area (Å²) in [4.78, 5) is 2.57. The molecule has 0 amide bonds. The van der Waals surface area contributed by atoms with Gasteiger partial charge >= 0.3 is 0 Å². The van der Waals surface area contributed by atoms with E-state index in [9.17, 15) is 0 Å². The van der Waals surface area contributed by atoms with Crippen LogP contribution >= 0.6 is 0 Å². The number of ether oxygens (including phenoxy) is 1. The summed E-state index contributed by atoms with van der Waals surface area (Å²) in [6.07, 6.45) is 2.35. The molecule has 0 saturated carbocycles. The molecule has 3 aromatic rings. The largest absolute Gasteiger partial charge is 0.368 e. The van der Waals surface area contributed by atoms with Crippen molar-refractivity contribution in [2.24, 2.45) is 5.92 Å². The zero-order chi connectivity index (χ0) is 20.1. The van der Waals surface area contributed by atoms with Crippen molar-refractivity contribution in [2.45, 2.75) is 44.9 Å². The number of para-hydroxylation sites is 1. The van der Waals surface area contributed by atoms with Gasteiger partial charge in [-0.2, -0.15) is 0 Å². The minimum Gasteiger partial charge on any atom is -0.368 e. The number of anilines is 1. The maximum Gasteiger partial charge on any atom is 0.108 e. The van der Waals surface area contributed by atoms with E-state index < -0.39 is 0 Å². The van der Waals surface area contributed by atoms with Gasteiger partial charge < -0.3 is 9.64 Å². The van der Waals surface area contributed by atoms with Crippen molar-refractivity contribution in [3.63, 3.8) is 0 Å². The van der Waals surface area contributed by atoms with Crippen LogP contribution in [0.1, 0.15) is 43.9 Å². The van der Waals surface area contributed by atoms with Crippen LogP contribution in [-0.4, -0.2) is 18.7 Å². The first-order chi connectivity index (χ1) is 14.2. The summed E-state index contributed by atoms with van der Waals surface area (Å²) >= 11 is 0. The van der Waals surface area contributed by atoms with Crippen LogP contribution in [0.25, 0.3) is 0 Å². The van der Waals surface area contributed by atoms with Crippen molar-refractivity contribution < 1.29 is 4.74 Å². The van der Waals surface area contributed by atoms with Crippen LogP contribution in [0.4, 0.5) is 5.69 Å². The van der Waals surface area contributed by atoms with Crippen molar-refractivity contribution >= 4 is 5.69 Å². The molecule has 1 aliphatic rings. The lowest BCUT2D eigenvalue weighted by Crippen LogP contribution is -2.48. The first kappa shape index (κ1) is 19.7. The standard InChI is InChI=1S/C27H31NO/c1-21(2)26-20-25(18-19-28(26)24-16-10-5-11-17-24)29-27(22-12-6-3-7-13-22)23-14-8-4-9-15-23/h3-17,21,25-27H,18-20H2,1-2H3/t25-,26+/m0/s1. The highest BCUT2D eigenvalue weighted by Gasteiger charge is 2.33. The highest BCUT2D eigenvalue weighted by atomic mass is 16.5. The van der Waals surface area contributed by atoms with E-state index in [0.29, 0.717) is 12.0 Å². The summed E-state index contributed by atoms with van der Waals surface area (Å²) in [5.41, 5.74) is 3.78. The molecule has 2 atom stereocenters. The Morgan fingerprint density at radius 3 is 1.79 bits per heavy atom. The third-order valence-corrected chi connectivity index (χ3v) is 5.99. The number of hydrogen-bond acceptors (Lipinski definition) is 2. The maximum absolute atomic E-state index is 6.80. The van der Waals surface area contributed by atoms with E-state index in [1.165, 1.54) is 16.8 Å². The van der Waals surface area contributed by atoms with Gasteiger partial charge in [0.2, 0.25) is 0 Å². The Hall–Kier alpha value is -2.58. The van der Waals surface area contributed by atoms with Crippen LogP contribution < -0.4 is 4.90 Å². The van der Waals surface area contributed by atoms with Crippen LogP contribution in [0, 0.1) is 5.92 Å². The van der Waals surface area contributed by atoms with Gasteiger partial charge in [0, 0.05) is 18.3 Å². The Morgan fingerprint density at radius 1 is 0.759 bits per heavy atom. The van der Waals surface area contributed by atoms with E-state index in [2.05, 4.69) is 110 Å². The first-order valence-electron chi connectivity index (χ1n) is 10.8. The molecule has 0 unspecified atom stereocenters. The molecule has 0 spiro atoms. The average Bonchev–Trinajstić information content (AvgIpc) is 2.79. The molecule has 0 radical (unpaired) electrons. The van der Waals surface area contributed by atoms with Crippen LogP contribution in [-0.2, 0) is 4.74 Å². The zero-order valence-electron chi connectivity index (χ0n) is 17.4. The SMILES string of the molecule is CC(C)[C@H]1C[C@@H](OC(c2ccccc2)c2ccccc2)CCN1c1ccccc1. The van der Waals surface area contributed by atoms with Gasteiger partial charge in [-0.15, -0.1) is 0 Å². The van der Waals surface area contributed by atoms with E-state index in [-0.39, 0.29) is 12.2 Å². The zero-order valence-corrected chi connectivity index (χ0v) is 17.4. The van der Waals surface area contributed by atoms with E-state index in [1.54, 1.807) is 0 Å². The molecule has 1 heterocycles. The fourth-order valence-electron chi connectivity index (χ4n) is 4.46. The summed E-state index contributed by atoms with van der Waals surface area (Å²) in [7, 11) is 0. The average molecular weight is 386 g/mol. The third-order valence-electron chi connectivity index (χ3n) is 5.99. The second-order valence-electron chi connectivity index (χ2n) is 8.32. The number of hydrogen-bond donors (Lipinski definition) is 0. The molecular formula is C27H31NO. The minimum atomic E-state index is -0.0153. The van der Waals surface area contributed by atoms with Gasteiger partial charge in [0.05, 0.1) is 6.10 Å². The minimum absolute atomic E-state index is 0.0153. The lowest BCUT2D eigenvalue weighted by molar-refractivity contribution is -0.0152. The topological polar surface area (TPSA) is 12.5 Å². The monoisotopic (exact) mass is 385 g/mol. The van der Waals surface area contributed by atoms with Crippen molar-refractivity contribution in [3.05, 3.63) is 102 Å². The quantitative estimate of drug-likeness (QED) is 0.481. The third kappa shape index (κ3) is 4.71. The van der Waals surface area contributed by atoms with Gasteiger partial charge in [-0.1, -0.05) is 92.7 Å². The molecule has 2 heteroatoms. The van der Waals surface area contributed by atoms with Crippen molar-refractivity contribution in [2.75, 3.05) is 11.4 Å². The first-order valence-corrected chi connectivity index (χ1v) is 10.8. The molecule has 1 aliphatic heterocycles. The Morgan fingerprint density at radius 2 is 1.28 bits per heavy atom. The number of nitrogens with zero attached hydrogens (tertiary/aromatic N) is 1. The number of rotatable bonds is 6. The molecule has 0 N–H and O–H groups in total. The number of piperidine rings is 1. The van der Waals surface area contributed by atoms with Gasteiger partial charge in [0.1, 0.15) is 6.10 Å². The smallest absolute Gasteiger partial charge is 0.108 e. The van der Waals surface area contributed by atoms with Gasteiger partial charge in [-0.25, -0.2) is 0 Å². The van der Waals surface area contributed by atoms with E-state index >= 15 is 0 Å². The van der Waals surface area contributed by atoms with E-state index in [1.807, 2.05) is 0 Å². The molecule has 0 bridgehead atoms. The molecule has 1 saturated heterocycles. The summed E-state index contributed by atoms with van der Waals surface area (Å²) in [5, 5.41) is 0.